The molecule has 1 aliphatic heterocycles. The van der Waals surface area contributed by atoms with E-state index in [1.807, 2.05) is 6.07 Å². The van der Waals surface area contributed by atoms with Crippen LogP contribution in [0.3, 0.4) is 0 Å². The van der Waals surface area contributed by atoms with Crippen LogP contribution in [0.1, 0.15) is 23.8 Å². The van der Waals surface area contributed by atoms with Crippen LogP contribution in [-0.4, -0.2) is 38.7 Å². The second kappa shape index (κ2) is 8.76. The Morgan fingerprint density at radius 3 is 2.55 bits per heavy atom. The zero-order chi connectivity index (χ0) is 21.8. The van der Waals surface area contributed by atoms with Crippen molar-refractivity contribution in [3.8, 4) is 0 Å². The van der Waals surface area contributed by atoms with Gasteiger partial charge in [0.1, 0.15) is 0 Å². The normalized spacial score (nSPS) is 15.4. The quantitative estimate of drug-likeness (QED) is 0.191. The maximum atomic E-state index is 12.7. The number of nitrogens with one attached hydrogen (secondary N) is 4. The number of anilines is 1. The van der Waals surface area contributed by atoms with Crippen molar-refractivity contribution in [3.05, 3.63) is 59.8 Å². The van der Waals surface area contributed by atoms with Crippen molar-refractivity contribution in [2.24, 2.45) is 21.7 Å². The van der Waals surface area contributed by atoms with Gasteiger partial charge in [-0.3, -0.25) is 15.4 Å². The minimum Gasteiger partial charge on any atom is -0.369 e. The molecular formula is C20H24N8O2S. The molecule has 4 rings (SSSR count). The first kappa shape index (κ1) is 20.8. The van der Waals surface area contributed by atoms with E-state index in [1.165, 1.54) is 0 Å². The van der Waals surface area contributed by atoms with Gasteiger partial charge < -0.3 is 16.5 Å². The lowest BCUT2D eigenvalue weighted by Crippen LogP contribution is -2.41. The minimum absolute atomic E-state index is 0.105. The van der Waals surface area contributed by atoms with E-state index >= 15 is 0 Å². The molecular weight excluding hydrogens is 416 g/mol. The predicted molar refractivity (Wildman–Crippen MR) is 122 cm³/mol. The van der Waals surface area contributed by atoms with Gasteiger partial charge in [-0.15, -0.1) is 5.10 Å². The lowest BCUT2D eigenvalue weighted by atomic mass is 10.1. The Labute approximate surface area is 179 Å². The van der Waals surface area contributed by atoms with Gasteiger partial charge in [0.05, 0.1) is 23.0 Å². The van der Waals surface area contributed by atoms with E-state index in [1.54, 1.807) is 48.7 Å². The Hall–Kier alpha value is -3.41. The van der Waals surface area contributed by atoms with Crippen LogP contribution in [0.25, 0.3) is 10.9 Å². The molecule has 10 nitrogen and oxygen atoms in total. The molecule has 0 saturated carbocycles. The van der Waals surface area contributed by atoms with Crippen LogP contribution in [0.4, 0.5) is 5.69 Å². The van der Waals surface area contributed by atoms with E-state index in [0.29, 0.717) is 5.69 Å². The minimum atomic E-state index is -3.71. The molecule has 0 atom stereocenters. The number of nitrogens with two attached hydrogens (primary N) is 2. The molecule has 2 heterocycles. The summed E-state index contributed by atoms with van der Waals surface area (Å²) in [7, 11) is -3.71. The first-order valence-electron chi connectivity index (χ1n) is 9.76. The van der Waals surface area contributed by atoms with Gasteiger partial charge in [-0.2, -0.15) is 5.10 Å². The number of nitrogens with zero attached hydrogens (tertiary/aromatic N) is 2. The van der Waals surface area contributed by atoms with Gasteiger partial charge in [0, 0.05) is 22.2 Å². The molecule has 0 unspecified atom stereocenters. The van der Waals surface area contributed by atoms with Crippen molar-refractivity contribution >= 4 is 38.8 Å². The number of aromatic nitrogens is 1. The van der Waals surface area contributed by atoms with Gasteiger partial charge in [0.2, 0.25) is 5.96 Å². The second-order valence-corrected chi connectivity index (χ2v) is 8.78. The molecule has 2 aromatic carbocycles. The Morgan fingerprint density at radius 1 is 1.10 bits per heavy atom. The van der Waals surface area contributed by atoms with Gasteiger partial charge in [-0.1, -0.05) is 18.2 Å². The van der Waals surface area contributed by atoms with Gasteiger partial charge in [0.25, 0.3) is 10.0 Å². The Balaban J connectivity index is 1.75. The van der Waals surface area contributed by atoms with Crippen LogP contribution in [0.5, 0.6) is 0 Å². The average Bonchev–Trinajstić information content (AvgIpc) is 3.12. The first-order chi connectivity index (χ1) is 14.9. The number of guanidine groups is 1. The maximum Gasteiger partial charge on any atom is 0.261 e. The van der Waals surface area contributed by atoms with E-state index in [4.69, 9.17) is 11.5 Å². The number of hydrogen-bond donors (Lipinski definition) is 6. The van der Waals surface area contributed by atoms with Crippen molar-refractivity contribution in [1.29, 1.82) is 0 Å². The summed E-state index contributed by atoms with van der Waals surface area (Å²) in [6.45, 7) is 1.75. The van der Waals surface area contributed by atoms with Crippen molar-refractivity contribution in [3.63, 3.8) is 0 Å². The molecule has 0 bridgehead atoms. The molecule has 3 aromatic rings. The number of sulfonamides is 1. The van der Waals surface area contributed by atoms with Gasteiger partial charge in [0.15, 0.2) is 0 Å². The number of aromatic amines is 1. The average molecular weight is 441 g/mol. The number of H-pyrrole nitrogens is 1. The highest BCUT2D eigenvalue weighted by Crippen LogP contribution is 2.29. The Morgan fingerprint density at radius 2 is 1.84 bits per heavy atom. The highest BCUT2D eigenvalue weighted by Gasteiger charge is 2.21. The number of benzene rings is 2. The van der Waals surface area contributed by atoms with Crippen LogP contribution in [0.2, 0.25) is 0 Å². The van der Waals surface area contributed by atoms with Crippen molar-refractivity contribution in [1.82, 2.24) is 15.6 Å². The Bertz CT molecular complexity index is 1220. The predicted octanol–water partition coefficient (Wildman–Crippen LogP) is 1.16. The Kier molecular flexibility index (Phi) is 5.89. The number of rotatable bonds is 6. The molecule has 1 aliphatic rings. The fourth-order valence-corrected chi connectivity index (χ4v) is 4.56. The summed E-state index contributed by atoms with van der Waals surface area (Å²) in [4.78, 5) is 3.58. The van der Waals surface area contributed by atoms with Crippen molar-refractivity contribution < 1.29 is 8.42 Å². The summed E-state index contributed by atoms with van der Waals surface area (Å²) in [6.07, 6.45) is 2.48. The summed E-state index contributed by atoms with van der Waals surface area (Å²) in [5.41, 5.74) is 13.6. The van der Waals surface area contributed by atoms with Gasteiger partial charge >= 0.3 is 0 Å². The summed E-state index contributed by atoms with van der Waals surface area (Å²) in [6, 6.07) is 13.5. The summed E-state index contributed by atoms with van der Waals surface area (Å²) >= 11 is 0. The second-order valence-electron chi connectivity index (χ2n) is 7.10. The van der Waals surface area contributed by atoms with E-state index in [-0.39, 0.29) is 17.0 Å². The molecule has 11 heteroatoms. The molecule has 0 radical (unpaired) electrons. The van der Waals surface area contributed by atoms with Crippen LogP contribution >= 0.6 is 0 Å². The van der Waals surface area contributed by atoms with Crippen molar-refractivity contribution in [2.75, 3.05) is 17.8 Å². The monoisotopic (exact) mass is 440 g/mol. The SMILES string of the molecule is NC(N)=N/N=C\c1c(C2NCCCN2)[nH]c2ccc(NS(=O)(=O)c3ccccc3)cc12. The molecule has 1 aromatic heterocycles. The molecule has 8 N–H and O–H groups in total. The standard InChI is InChI=1S/C20H24N8O2S/c21-20(22)27-25-12-16-15-11-13(28-31(29,30)14-5-2-1-3-6-14)7-8-17(15)26-18(16)19-23-9-4-10-24-19/h1-3,5-8,11-12,19,23-24,26,28H,4,9-10H2,(H4,21,22,27)/b25-12-. The third-order valence-corrected chi connectivity index (χ3v) is 6.27. The summed E-state index contributed by atoms with van der Waals surface area (Å²) < 4.78 is 28.1. The summed E-state index contributed by atoms with van der Waals surface area (Å²) in [5, 5.41) is 15.3. The first-order valence-corrected chi connectivity index (χ1v) is 11.2. The molecule has 162 valence electrons. The van der Waals surface area contributed by atoms with Crippen LogP contribution in [0, 0.1) is 0 Å². The molecule has 1 saturated heterocycles. The van der Waals surface area contributed by atoms with Gasteiger partial charge in [-0.05, 0) is 49.8 Å². The van der Waals surface area contributed by atoms with Crippen LogP contribution in [0.15, 0.2) is 63.6 Å². The largest absolute Gasteiger partial charge is 0.369 e. The molecule has 0 aliphatic carbocycles. The highest BCUT2D eigenvalue weighted by molar-refractivity contribution is 7.92. The van der Waals surface area contributed by atoms with E-state index in [2.05, 4.69) is 30.5 Å². The lowest BCUT2D eigenvalue weighted by molar-refractivity contribution is 0.374. The zero-order valence-electron chi connectivity index (χ0n) is 16.7. The maximum absolute atomic E-state index is 12.7. The smallest absolute Gasteiger partial charge is 0.261 e. The molecule has 0 amide bonds. The summed E-state index contributed by atoms with van der Waals surface area (Å²) in [5.74, 6) is -0.150. The zero-order valence-corrected chi connectivity index (χ0v) is 17.5. The number of fused-ring (bicyclic) bond motifs is 1. The fourth-order valence-electron chi connectivity index (χ4n) is 3.49. The lowest BCUT2D eigenvalue weighted by Gasteiger charge is -2.24. The molecule has 1 fully saturated rings. The van der Waals surface area contributed by atoms with Crippen LogP contribution < -0.4 is 26.8 Å². The van der Waals surface area contributed by atoms with E-state index < -0.39 is 10.0 Å². The molecule has 0 spiro atoms. The fraction of sp³-hybridized carbons (Fsp3) is 0.200. The number of hydrogen-bond acceptors (Lipinski definition) is 6. The van der Waals surface area contributed by atoms with Gasteiger partial charge in [-0.25, -0.2) is 8.42 Å². The third-order valence-electron chi connectivity index (χ3n) is 4.87. The van der Waals surface area contributed by atoms with Crippen LogP contribution in [-0.2, 0) is 10.0 Å². The van der Waals surface area contributed by atoms with E-state index in [0.717, 1.165) is 41.7 Å². The van der Waals surface area contributed by atoms with E-state index in [9.17, 15) is 8.42 Å². The molecule has 31 heavy (non-hydrogen) atoms. The third kappa shape index (κ3) is 4.68. The topological polar surface area (TPSA) is 163 Å². The highest BCUT2D eigenvalue weighted by atomic mass is 32.2. The van der Waals surface area contributed by atoms with Crippen molar-refractivity contribution in [2.45, 2.75) is 17.5 Å².